The molecular weight excluding hydrogens is 223 g/mol. The first-order chi connectivity index (χ1) is 6.74. The lowest BCUT2D eigenvalue weighted by atomic mass is 10.2. The van der Waals surface area contributed by atoms with Crippen molar-refractivity contribution < 1.29 is 9.53 Å². The van der Waals surface area contributed by atoms with E-state index in [2.05, 4.69) is 4.74 Å². The van der Waals surface area contributed by atoms with Gasteiger partial charge < -0.3 is 4.74 Å². The van der Waals surface area contributed by atoms with Gasteiger partial charge in [-0.25, -0.2) is 4.79 Å². The molecule has 0 unspecified atom stereocenters. The van der Waals surface area contributed by atoms with Crippen LogP contribution in [0.2, 0.25) is 10.0 Å². The summed E-state index contributed by atoms with van der Waals surface area (Å²) < 4.78 is 4.36. The lowest BCUT2D eigenvalue weighted by molar-refractivity contribution is 0.314. The Morgan fingerprint density at radius 3 is 2.86 bits per heavy atom. The van der Waals surface area contributed by atoms with Gasteiger partial charge in [-0.3, -0.25) is 0 Å². The molecule has 0 saturated heterocycles. The Morgan fingerprint density at radius 1 is 1.43 bits per heavy atom. The highest BCUT2D eigenvalue weighted by atomic mass is 35.5. The maximum Gasteiger partial charge on any atom is 0.417 e. The molecule has 4 heteroatoms. The molecule has 0 aromatic heterocycles. The minimum atomic E-state index is 0.183. The fraction of sp³-hybridized carbons (Fsp3) is 0.100. The number of ether oxygens (including phenoxy) is 1. The zero-order valence-corrected chi connectivity index (χ0v) is 8.68. The summed E-state index contributed by atoms with van der Waals surface area (Å²) in [6.45, 7) is 1.51. The van der Waals surface area contributed by atoms with E-state index < -0.39 is 0 Å². The molecule has 0 bridgehead atoms. The first-order valence-electron chi connectivity index (χ1n) is 3.84. The molecule has 0 fully saturated rings. The molecular formula is C10H7Cl2O2. The molecule has 0 aliphatic heterocycles. The molecule has 0 spiro atoms. The molecule has 1 radical (unpaired) electrons. The van der Waals surface area contributed by atoms with Crippen molar-refractivity contribution in [3.05, 3.63) is 39.9 Å². The van der Waals surface area contributed by atoms with Gasteiger partial charge in [0.1, 0.15) is 6.61 Å². The monoisotopic (exact) mass is 229 g/mol. The van der Waals surface area contributed by atoms with Gasteiger partial charge in [-0.15, -0.1) is 0 Å². The van der Waals surface area contributed by atoms with E-state index in [0.29, 0.717) is 10.0 Å². The van der Waals surface area contributed by atoms with Crippen molar-refractivity contribution in [2.75, 3.05) is 6.61 Å². The SMILES string of the molecule is O=[C]OC/C=C/c1ccc(Cl)cc1Cl. The van der Waals surface area contributed by atoms with E-state index in [0.717, 1.165) is 5.56 Å². The van der Waals surface area contributed by atoms with Crippen LogP contribution < -0.4 is 0 Å². The number of hydrogen-bond acceptors (Lipinski definition) is 2. The van der Waals surface area contributed by atoms with E-state index in [1.807, 2.05) is 0 Å². The van der Waals surface area contributed by atoms with Crippen LogP contribution in [0.4, 0.5) is 0 Å². The van der Waals surface area contributed by atoms with Crippen molar-refractivity contribution >= 4 is 35.8 Å². The van der Waals surface area contributed by atoms with E-state index in [1.54, 1.807) is 30.4 Å². The molecule has 1 aromatic carbocycles. The Balaban J connectivity index is 2.67. The summed E-state index contributed by atoms with van der Waals surface area (Å²) in [5.41, 5.74) is 0.825. The van der Waals surface area contributed by atoms with Crippen LogP contribution in [-0.2, 0) is 9.53 Å². The maximum absolute atomic E-state index is 9.70. The molecule has 0 saturated carbocycles. The normalized spacial score (nSPS) is 10.4. The van der Waals surface area contributed by atoms with E-state index in [1.165, 1.54) is 6.47 Å². The highest BCUT2D eigenvalue weighted by Crippen LogP contribution is 2.21. The van der Waals surface area contributed by atoms with E-state index in [4.69, 9.17) is 23.2 Å². The predicted octanol–water partition coefficient (Wildman–Crippen LogP) is 3.09. The van der Waals surface area contributed by atoms with Crippen molar-refractivity contribution in [1.82, 2.24) is 0 Å². The van der Waals surface area contributed by atoms with Crippen molar-refractivity contribution in [2.24, 2.45) is 0 Å². The Kier molecular flexibility index (Phi) is 4.50. The highest BCUT2D eigenvalue weighted by Gasteiger charge is 1.96. The highest BCUT2D eigenvalue weighted by molar-refractivity contribution is 6.35. The zero-order valence-electron chi connectivity index (χ0n) is 7.17. The zero-order chi connectivity index (χ0) is 10.4. The van der Waals surface area contributed by atoms with Crippen LogP contribution in [0.3, 0.4) is 0 Å². The Hall–Kier alpha value is -0.990. The average molecular weight is 230 g/mol. The topological polar surface area (TPSA) is 26.3 Å². The largest absolute Gasteiger partial charge is 0.453 e. The van der Waals surface area contributed by atoms with Gasteiger partial charge >= 0.3 is 6.47 Å². The van der Waals surface area contributed by atoms with Crippen molar-refractivity contribution in [3.8, 4) is 0 Å². The minimum absolute atomic E-state index is 0.183. The third-order valence-corrected chi connectivity index (χ3v) is 2.06. The molecule has 1 rings (SSSR count). The summed E-state index contributed by atoms with van der Waals surface area (Å²) in [5, 5.41) is 1.15. The number of carbonyl (C=O) groups excluding carboxylic acids is 1. The average Bonchev–Trinajstić information content (AvgIpc) is 2.15. The summed E-state index contributed by atoms with van der Waals surface area (Å²) in [7, 11) is 0. The van der Waals surface area contributed by atoms with Crippen LogP contribution in [0, 0.1) is 0 Å². The molecule has 73 valence electrons. The molecule has 0 heterocycles. The summed E-state index contributed by atoms with van der Waals surface area (Å²) >= 11 is 11.6. The second-order valence-electron chi connectivity index (χ2n) is 2.46. The van der Waals surface area contributed by atoms with Gasteiger partial charge in [0.25, 0.3) is 0 Å². The van der Waals surface area contributed by atoms with Crippen LogP contribution in [-0.4, -0.2) is 13.1 Å². The standard InChI is InChI=1S/C10H7Cl2O2/c11-9-4-3-8(10(12)6-9)2-1-5-14-7-13/h1-4,6H,5H2/b2-1+. The lowest BCUT2D eigenvalue weighted by Crippen LogP contribution is -1.85. The van der Waals surface area contributed by atoms with Gasteiger partial charge in [0.2, 0.25) is 0 Å². The van der Waals surface area contributed by atoms with E-state index in [9.17, 15) is 4.79 Å². The molecule has 0 N–H and O–H groups in total. The summed E-state index contributed by atoms with van der Waals surface area (Å²) in [6.07, 6.45) is 3.41. The van der Waals surface area contributed by atoms with Gasteiger partial charge in [0.15, 0.2) is 0 Å². The van der Waals surface area contributed by atoms with Gasteiger partial charge in [-0.2, -0.15) is 0 Å². The van der Waals surface area contributed by atoms with E-state index in [-0.39, 0.29) is 6.61 Å². The molecule has 2 nitrogen and oxygen atoms in total. The third kappa shape index (κ3) is 3.40. The van der Waals surface area contributed by atoms with Gasteiger partial charge in [0.05, 0.1) is 0 Å². The van der Waals surface area contributed by atoms with Crippen molar-refractivity contribution in [3.63, 3.8) is 0 Å². The first-order valence-corrected chi connectivity index (χ1v) is 4.60. The number of halogens is 2. The summed E-state index contributed by atoms with van der Waals surface area (Å²) in [5.74, 6) is 0. The van der Waals surface area contributed by atoms with E-state index >= 15 is 0 Å². The Bertz CT molecular complexity index is 348. The van der Waals surface area contributed by atoms with Crippen LogP contribution in [0.25, 0.3) is 6.08 Å². The smallest absolute Gasteiger partial charge is 0.417 e. The minimum Gasteiger partial charge on any atom is -0.453 e. The fourth-order valence-electron chi connectivity index (χ4n) is 0.894. The van der Waals surface area contributed by atoms with Crippen LogP contribution >= 0.6 is 23.2 Å². The van der Waals surface area contributed by atoms with Crippen LogP contribution in [0.5, 0.6) is 0 Å². The Labute approximate surface area is 92.1 Å². The number of rotatable bonds is 4. The van der Waals surface area contributed by atoms with Gasteiger partial charge in [-0.05, 0) is 23.8 Å². The maximum atomic E-state index is 9.70. The Morgan fingerprint density at radius 2 is 2.21 bits per heavy atom. The molecule has 0 aliphatic carbocycles. The van der Waals surface area contributed by atoms with Gasteiger partial charge in [0, 0.05) is 10.0 Å². The number of benzene rings is 1. The molecule has 0 amide bonds. The van der Waals surface area contributed by atoms with Crippen molar-refractivity contribution in [1.29, 1.82) is 0 Å². The molecule has 0 aliphatic rings. The van der Waals surface area contributed by atoms with Crippen LogP contribution in [0.15, 0.2) is 24.3 Å². The third-order valence-electron chi connectivity index (χ3n) is 1.50. The quantitative estimate of drug-likeness (QED) is 0.743. The summed E-state index contributed by atoms with van der Waals surface area (Å²) in [4.78, 5) is 9.70. The van der Waals surface area contributed by atoms with Crippen LogP contribution in [0.1, 0.15) is 5.56 Å². The van der Waals surface area contributed by atoms with Crippen molar-refractivity contribution in [2.45, 2.75) is 0 Å². The fourth-order valence-corrected chi connectivity index (χ4v) is 1.37. The summed E-state index contributed by atoms with van der Waals surface area (Å²) in [6, 6.07) is 5.17. The van der Waals surface area contributed by atoms with Gasteiger partial charge in [-0.1, -0.05) is 35.3 Å². The second kappa shape index (κ2) is 5.68. The first kappa shape index (κ1) is 11.1. The molecule has 14 heavy (non-hydrogen) atoms. The molecule has 1 aromatic rings. The molecule has 0 atom stereocenters. The lowest BCUT2D eigenvalue weighted by Gasteiger charge is -1.98. The predicted molar refractivity (Wildman–Crippen MR) is 57.1 cm³/mol. The second-order valence-corrected chi connectivity index (χ2v) is 3.31. The number of hydrogen-bond donors (Lipinski definition) is 0.